The Hall–Kier alpha value is -0.660. The summed E-state index contributed by atoms with van der Waals surface area (Å²) in [4.78, 5) is 10.6. The summed E-state index contributed by atoms with van der Waals surface area (Å²) in [6.07, 6.45) is -0.147. The lowest BCUT2D eigenvalue weighted by atomic mass is 10.2. The molecule has 0 saturated heterocycles. The van der Waals surface area contributed by atoms with Gasteiger partial charge in [-0.2, -0.15) is 8.42 Å². The van der Waals surface area contributed by atoms with E-state index >= 15 is 0 Å². The zero-order valence-electron chi connectivity index (χ0n) is 6.56. The van der Waals surface area contributed by atoms with E-state index in [0.717, 1.165) is 7.11 Å². The fraction of sp³-hybridized carbons (Fsp3) is 0.800. The highest BCUT2D eigenvalue weighted by molar-refractivity contribution is 7.85. The van der Waals surface area contributed by atoms with Crippen molar-refractivity contribution in [3.63, 3.8) is 0 Å². The molecule has 0 bridgehead atoms. The summed E-state index contributed by atoms with van der Waals surface area (Å²) in [5.74, 6) is -1.23. The molecular formula is C5H11NO5S. The molecule has 0 radical (unpaired) electrons. The number of carbonyl (C=O) groups is 1. The van der Waals surface area contributed by atoms with Crippen LogP contribution in [0.5, 0.6) is 0 Å². The van der Waals surface area contributed by atoms with E-state index in [9.17, 15) is 13.2 Å². The van der Waals surface area contributed by atoms with Crippen LogP contribution in [-0.2, 0) is 19.6 Å². The topological polar surface area (TPSA) is 107 Å². The Morgan fingerprint density at radius 1 is 1.67 bits per heavy atom. The van der Waals surface area contributed by atoms with Crippen LogP contribution < -0.4 is 5.73 Å². The molecule has 0 rings (SSSR count). The Bertz CT molecular complexity index is 247. The van der Waals surface area contributed by atoms with E-state index in [0.29, 0.717) is 0 Å². The standard InChI is InChI=1S/C5H11NO5S/c1-11-5(7)4(6)2-3-12(8,9)10/h4H,2-3,6H2,1H3,(H,8,9,10)/t4-/m0/s1. The first-order chi connectivity index (χ1) is 5.37. The minimum absolute atomic E-state index is 0.147. The Morgan fingerprint density at radius 3 is 2.50 bits per heavy atom. The molecule has 0 aromatic rings. The first-order valence-corrected chi connectivity index (χ1v) is 4.76. The quantitative estimate of drug-likeness (QED) is 0.431. The minimum atomic E-state index is -4.05. The lowest BCUT2D eigenvalue weighted by Crippen LogP contribution is -2.33. The summed E-state index contributed by atoms with van der Waals surface area (Å²) < 4.78 is 32.9. The maximum Gasteiger partial charge on any atom is 0.322 e. The van der Waals surface area contributed by atoms with E-state index < -0.39 is 27.9 Å². The molecular weight excluding hydrogens is 186 g/mol. The minimum Gasteiger partial charge on any atom is -0.468 e. The summed E-state index contributed by atoms with van der Waals surface area (Å²) in [5, 5.41) is 0. The SMILES string of the molecule is COC(=O)[C@@H](N)CCS(=O)(=O)O. The van der Waals surface area contributed by atoms with Gasteiger partial charge >= 0.3 is 5.97 Å². The molecule has 0 aliphatic heterocycles. The molecule has 7 heteroatoms. The second-order valence-electron chi connectivity index (χ2n) is 2.20. The van der Waals surface area contributed by atoms with Crippen LogP contribution in [0.1, 0.15) is 6.42 Å². The molecule has 0 unspecified atom stereocenters. The molecule has 72 valence electrons. The van der Waals surface area contributed by atoms with Gasteiger partial charge in [0.05, 0.1) is 12.9 Å². The molecule has 0 spiro atoms. The number of rotatable bonds is 4. The number of hydrogen-bond acceptors (Lipinski definition) is 5. The fourth-order valence-corrected chi connectivity index (χ4v) is 1.10. The van der Waals surface area contributed by atoms with Crippen LogP contribution in [0.4, 0.5) is 0 Å². The first-order valence-electron chi connectivity index (χ1n) is 3.15. The lowest BCUT2D eigenvalue weighted by Gasteiger charge is -2.06. The predicted molar refractivity (Wildman–Crippen MR) is 41.0 cm³/mol. The first kappa shape index (κ1) is 11.3. The van der Waals surface area contributed by atoms with Crippen LogP contribution in [0.15, 0.2) is 0 Å². The molecule has 0 aliphatic rings. The highest BCUT2D eigenvalue weighted by Crippen LogP contribution is 1.94. The van der Waals surface area contributed by atoms with E-state index in [1.807, 2.05) is 0 Å². The van der Waals surface area contributed by atoms with E-state index in [1.165, 1.54) is 0 Å². The van der Waals surface area contributed by atoms with Crippen molar-refractivity contribution in [3.05, 3.63) is 0 Å². The third kappa shape index (κ3) is 5.05. The monoisotopic (exact) mass is 197 g/mol. The number of esters is 1. The van der Waals surface area contributed by atoms with E-state index in [-0.39, 0.29) is 6.42 Å². The number of ether oxygens (including phenoxy) is 1. The van der Waals surface area contributed by atoms with Crippen molar-refractivity contribution in [2.45, 2.75) is 12.5 Å². The van der Waals surface area contributed by atoms with Crippen molar-refractivity contribution in [1.29, 1.82) is 0 Å². The van der Waals surface area contributed by atoms with Crippen molar-refractivity contribution >= 4 is 16.1 Å². The Labute approximate surface area is 70.4 Å². The van der Waals surface area contributed by atoms with Gasteiger partial charge in [-0.15, -0.1) is 0 Å². The van der Waals surface area contributed by atoms with Gasteiger partial charge in [-0.3, -0.25) is 9.35 Å². The molecule has 0 amide bonds. The molecule has 0 aromatic heterocycles. The van der Waals surface area contributed by atoms with Crippen LogP contribution in [0, 0.1) is 0 Å². The van der Waals surface area contributed by atoms with Crippen molar-refractivity contribution in [1.82, 2.24) is 0 Å². The molecule has 0 aliphatic carbocycles. The van der Waals surface area contributed by atoms with E-state index in [1.54, 1.807) is 0 Å². The van der Waals surface area contributed by atoms with Gasteiger partial charge in [0, 0.05) is 0 Å². The van der Waals surface area contributed by atoms with Gasteiger partial charge in [-0.05, 0) is 6.42 Å². The third-order valence-electron chi connectivity index (χ3n) is 1.19. The van der Waals surface area contributed by atoms with Gasteiger partial charge in [-0.1, -0.05) is 0 Å². The highest BCUT2D eigenvalue weighted by atomic mass is 32.2. The van der Waals surface area contributed by atoms with E-state index in [4.69, 9.17) is 10.3 Å². The van der Waals surface area contributed by atoms with Crippen LogP contribution in [-0.4, -0.2) is 37.8 Å². The number of carbonyl (C=O) groups excluding carboxylic acids is 1. The van der Waals surface area contributed by atoms with Crippen LogP contribution in [0.3, 0.4) is 0 Å². The van der Waals surface area contributed by atoms with Crippen LogP contribution >= 0.6 is 0 Å². The van der Waals surface area contributed by atoms with Gasteiger partial charge < -0.3 is 10.5 Å². The average molecular weight is 197 g/mol. The van der Waals surface area contributed by atoms with Crippen molar-refractivity contribution < 1.29 is 22.5 Å². The number of nitrogens with two attached hydrogens (primary N) is 1. The largest absolute Gasteiger partial charge is 0.468 e. The molecule has 1 atom stereocenters. The summed E-state index contributed by atoms with van der Waals surface area (Å²) in [6.45, 7) is 0. The molecule has 0 fully saturated rings. The summed E-state index contributed by atoms with van der Waals surface area (Å²) in [7, 11) is -2.90. The Kier molecular flexibility index (Phi) is 4.15. The van der Waals surface area contributed by atoms with Gasteiger partial charge in [0.2, 0.25) is 0 Å². The van der Waals surface area contributed by atoms with Gasteiger partial charge in [0.15, 0.2) is 0 Å². The van der Waals surface area contributed by atoms with E-state index in [2.05, 4.69) is 4.74 Å². The van der Waals surface area contributed by atoms with Crippen LogP contribution in [0.25, 0.3) is 0 Å². The normalized spacial score (nSPS) is 13.9. The summed E-state index contributed by atoms with van der Waals surface area (Å²) in [6, 6.07) is -1.00. The lowest BCUT2D eigenvalue weighted by molar-refractivity contribution is -0.142. The predicted octanol–water partition coefficient (Wildman–Crippen LogP) is -1.24. The van der Waals surface area contributed by atoms with Crippen LogP contribution in [0.2, 0.25) is 0 Å². The Morgan fingerprint density at radius 2 is 2.17 bits per heavy atom. The molecule has 0 heterocycles. The fourth-order valence-electron chi connectivity index (χ4n) is 0.545. The summed E-state index contributed by atoms with van der Waals surface area (Å²) in [5.41, 5.74) is 5.18. The molecule has 0 saturated carbocycles. The zero-order valence-corrected chi connectivity index (χ0v) is 7.37. The van der Waals surface area contributed by atoms with Crippen molar-refractivity contribution in [2.75, 3.05) is 12.9 Å². The van der Waals surface area contributed by atoms with Gasteiger partial charge in [0.1, 0.15) is 6.04 Å². The van der Waals surface area contributed by atoms with Gasteiger partial charge in [0.25, 0.3) is 10.1 Å². The Balaban J connectivity index is 3.88. The summed E-state index contributed by atoms with van der Waals surface area (Å²) >= 11 is 0. The molecule has 3 N–H and O–H groups in total. The number of methoxy groups -OCH3 is 1. The third-order valence-corrected chi connectivity index (χ3v) is 1.94. The van der Waals surface area contributed by atoms with Gasteiger partial charge in [-0.25, -0.2) is 0 Å². The molecule has 0 aromatic carbocycles. The van der Waals surface area contributed by atoms with Crippen molar-refractivity contribution in [3.8, 4) is 0 Å². The highest BCUT2D eigenvalue weighted by Gasteiger charge is 2.16. The maximum atomic E-state index is 10.6. The van der Waals surface area contributed by atoms with Crippen molar-refractivity contribution in [2.24, 2.45) is 5.73 Å². The second-order valence-corrected chi connectivity index (χ2v) is 3.78. The zero-order chi connectivity index (χ0) is 9.78. The molecule has 6 nitrogen and oxygen atoms in total. The number of hydrogen-bond donors (Lipinski definition) is 2. The maximum absolute atomic E-state index is 10.6. The molecule has 12 heavy (non-hydrogen) atoms. The second kappa shape index (κ2) is 4.39. The smallest absolute Gasteiger partial charge is 0.322 e. The average Bonchev–Trinajstić information content (AvgIpc) is 1.97.